The van der Waals surface area contributed by atoms with Crippen LogP contribution >= 0.6 is 0 Å². The molecule has 0 aliphatic rings. The zero-order valence-corrected chi connectivity index (χ0v) is 11.6. The number of rotatable bonds is 6. The van der Waals surface area contributed by atoms with Crippen LogP contribution in [0, 0.1) is 0 Å². The topological polar surface area (TPSA) is 46.9 Å². The van der Waals surface area contributed by atoms with Crippen LogP contribution in [0.25, 0.3) is 10.9 Å². The van der Waals surface area contributed by atoms with Gasteiger partial charge in [-0.1, -0.05) is 25.5 Å². The Hall–Kier alpha value is -1.68. The minimum atomic E-state index is -0.0147. The van der Waals surface area contributed by atoms with Gasteiger partial charge in [-0.25, -0.2) is 0 Å². The molecule has 2 aromatic rings. The summed E-state index contributed by atoms with van der Waals surface area (Å²) in [6.45, 7) is 6.02. The van der Waals surface area contributed by atoms with Gasteiger partial charge in [0, 0.05) is 18.0 Å². The number of fused-ring (bicyclic) bond motifs is 1. The van der Waals surface area contributed by atoms with E-state index in [1.807, 2.05) is 28.9 Å². The van der Waals surface area contributed by atoms with Gasteiger partial charge in [0.15, 0.2) is 0 Å². The fourth-order valence-corrected chi connectivity index (χ4v) is 2.29. The molecule has 1 unspecified atom stereocenters. The van der Waals surface area contributed by atoms with Crippen LogP contribution in [-0.2, 0) is 6.54 Å². The quantitative estimate of drug-likeness (QED) is 0.865. The van der Waals surface area contributed by atoms with E-state index in [4.69, 9.17) is 0 Å². The van der Waals surface area contributed by atoms with Crippen molar-refractivity contribution in [3.05, 3.63) is 40.7 Å². The summed E-state index contributed by atoms with van der Waals surface area (Å²) in [5.41, 5.74) is 0.888. The van der Waals surface area contributed by atoms with Gasteiger partial charge >= 0.3 is 0 Å². The number of nitrogens with one attached hydrogen (secondary N) is 1. The Balaban J connectivity index is 2.09. The van der Waals surface area contributed by atoms with Crippen molar-refractivity contribution in [1.82, 2.24) is 15.1 Å². The van der Waals surface area contributed by atoms with Crippen LogP contribution in [0.5, 0.6) is 0 Å². The third-order valence-corrected chi connectivity index (χ3v) is 3.30. The molecule has 0 radical (unpaired) electrons. The lowest BCUT2D eigenvalue weighted by Crippen LogP contribution is -2.30. The van der Waals surface area contributed by atoms with Crippen LogP contribution in [0.2, 0.25) is 0 Å². The average Bonchev–Trinajstić information content (AvgIpc) is 2.42. The molecule has 19 heavy (non-hydrogen) atoms. The average molecular weight is 259 g/mol. The van der Waals surface area contributed by atoms with E-state index in [1.165, 1.54) is 19.0 Å². The molecule has 0 amide bonds. The summed E-state index contributed by atoms with van der Waals surface area (Å²) in [5, 5.41) is 8.42. The Morgan fingerprint density at radius 3 is 2.95 bits per heavy atom. The van der Waals surface area contributed by atoms with Crippen molar-refractivity contribution in [2.45, 2.75) is 39.3 Å². The van der Waals surface area contributed by atoms with Crippen molar-refractivity contribution in [2.24, 2.45) is 0 Å². The minimum absolute atomic E-state index is 0.0147. The highest BCUT2D eigenvalue weighted by atomic mass is 16.1. The molecule has 0 fully saturated rings. The molecule has 1 aromatic heterocycles. The van der Waals surface area contributed by atoms with Gasteiger partial charge in [0.2, 0.25) is 5.43 Å². The zero-order valence-electron chi connectivity index (χ0n) is 11.6. The van der Waals surface area contributed by atoms with Gasteiger partial charge in [0.05, 0.1) is 18.3 Å². The smallest absolute Gasteiger partial charge is 0.207 e. The fraction of sp³-hybridized carbons (Fsp3) is 0.467. The largest absolute Gasteiger partial charge is 0.312 e. The summed E-state index contributed by atoms with van der Waals surface area (Å²) < 4.78 is 1.89. The van der Waals surface area contributed by atoms with Crippen LogP contribution in [0.15, 0.2) is 35.3 Å². The van der Waals surface area contributed by atoms with E-state index in [2.05, 4.69) is 24.3 Å². The van der Waals surface area contributed by atoms with Gasteiger partial charge in [-0.15, -0.1) is 0 Å². The Morgan fingerprint density at radius 1 is 1.37 bits per heavy atom. The molecule has 0 aliphatic carbocycles. The normalized spacial score (nSPS) is 12.7. The van der Waals surface area contributed by atoms with E-state index in [-0.39, 0.29) is 5.43 Å². The Bertz CT molecular complexity index is 591. The Morgan fingerprint density at radius 2 is 2.16 bits per heavy atom. The van der Waals surface area contributed by atoms with Crippen LogP contribution in [0.1, 0.15) is 26.7 Å². The van der Waals surface area contributed by atoms with Gasteiger partial charge in [0.25, 0.3) is 0 Å². The molecule has 0 saturated carbocycles. The lowest BCUT2D eigenvalue weighted by Gasteiger charge is -2.14. The molecule has 0 saturated heterocycles. The molecule has 4 nitrogen and oxygen atoms in total. The molecule has 0 spiro atoms. The van der Waals surface area contributed by atoms with Crippen molar-refractivity contribution in [1.29, 1.82) is 0 Å². The third kappa shape index (κ3) is 3.41. The second kappa shape index (κ2) is 6.48. The molecule has 4 heteroatoms. The zero-order chi connectivity index (χ0) is 13.7. The van der Waals surface area contributed by atoms with E-state index in [0.29, 0.717) is 6.04 Å². The maximum atomic E-state index is 11.7. The van der Waals surface area contributed by atoms with E-state index in [0.717, 1.165) is 24.0 Å². The molecule has 1 heterocycles. The monoisotopic (exact) mass is 259 g/mol. The van der Waals surface area contributed by atoms with Crippen LogP contribution in [0.4, 0.5) is 0 Å². The van der Waals surface area contributed by atoms with Crippen molar-refractivity contribution >= 4 is 10.9 Å². The number of nitrogens with zero attached hydrogens (tertiary/aromatic N) is 2. The maximum absolute atomic E-state index is 11.7. The molecule has 0 bridgehead atoms. The highest BCUT2D eigenvalue weighted by Gasteiger charge is 2.04. The summed E-state index contributed by atoms with van der Waals surface area (Å²) in [4.78, 5) is 11.7. The van der Waals surface area contributed by atoms with Crippen LogP contribution in [0.3, 0.4) is 0 Å². The fourth-order valence-electron chi connectivity index (χ4n) is 2.29. The van der Waals surface area contributed by atoms with E-state index in [9.17, 15) is 4.79 Å². The minimum Gasteiger partial charge on any atom is -0.312 e. The Kier molecular flexibility index (Phi) is 4.68. The van der Waals surface area contributed by atoms with Gasteiger partial charge in [-0.05, 0) is 25.5 Å². The van der Waals surface area contributed by atoms with Gasteiger partial charge in [-0.2, -0.15) is 5.10 Å². The van der Waals surface area contributed by atoms with Crippen molar-refractivity contribution < 1.29 is 0 Å². The predicted molar refractivity (Wildman–Crippen MR) is 78.4 cm³/mol. The summed E-state index contributed by atoms with van der Waals surface area (Å²) in [7, 11) is 0. The summed E-state index contributed by atoms with van der Waals surface area (Å²) in [6.07, 6.45) is 3.77. The van der Waals surface area contributed by atoms with Gasteiger partial charge < -0.3 is 5.32 Å². The summed E-state index contributed by atoms with van der Waals surface area (Å²) in [5.74, 6) is 0. The van der Waals surface area contributed by atoms with Crippen LogP contribution < -0.4 is 10.7 Å². The number of aromatic nitrogens is 2. The highest BCUT2D eigenvalue weighted by Crippen LogP contribution is 2.07. The van der Waals surface area contributed by atoms with E-state index in [1.54, 1.807) is 0 Å². The molecule has 0 aliphatic heterocycles. The Labute approximate surface area is 113 Å². The number of hydrogen-bond acceptors (Lipinski definition) is 3. The first-order valence-corrected chi connectivity index (χ1v) is 6.90. The van der Waals surface area contributed by atoms with Gasteiger partial charge in [-0.3, -0.25) is 9.48 Å². The van der Waals surface area contributed by atoms with E-state index >= 15 is 0 Å². The first kappa shape index (κ1) is 13.7. The molecule has 2 rings (SSSR count). The summed E-state index contributed by atoms with van der Waals surface area (Å²) >= 11 is 0. The number of hydrogen-bond donors (Lipinski definition) is 1. The number of benzene rings is 1. The lowest BCUT2D eigenvalue weighted by atomic mass is 10.2. The second-order valence-electron chi connectivity index (χ2n) is 4.89. The van der Waals surface area contributed by atoms with Crippen LogP contribution in [-0.4, -0.2) is 22.4 Å². The van der Waals surface area contributed by atoms with Crippen molar-refractivity contribution in [2.75, 3.05) is 6.54 Å². The SMILES string of the molecule is CCCC(C)NCCn1ncc(=O)c2ccccc21. The van der Waals surface area contributed by atoms with E-state index < -0.39 is 0 Å². The molecular formula is C15H21N3O. The maximum Gasteiger partial charge on any atom is 0.207 e. The first-order valence-electron chi connectivity index (χ1n) is 6.90. The molecule has 1 atom stereocenters. The third-order valence-electron chi connectivity index (χ3n) is 3.30. The van der Waals surface area contributed by atoms with Gasteiger partial charge in [0.1, 0.15) is 0 Å². The van der Waals surface area contributed by atoms with Crippen molar-refractivity contribution in [3.63, 3.8) is 0 Å². The molecular weight excluding hydrogens is 238 g/mol. The second-order valence-corrected chi connectivity index (χ2v) is 4.89. The summed E-state index contributed by atoms with van der Waals surface area (Å²) in [6, 6.07) is 8.14. The number of para-hydroxylation sites is 1. The molecule has 1 N–H and O–H groups in total. The van der Waals surface area contributed by atoms with Crippen molar-refractivity contribution in [3.8, 4) is 0 Å². The lowest BCUT2D eigenvalue weighted by molar-refractivity contribution is 0.475. The molecule has 1 aromatic carbocycles. The standard InChI is InChI=1S/C15H21N3O/c1-3-6-12(2)16-9-10-18-14-8-5-4-7-13(14)15(19)11-17-18/h4-5,7-8,11-12,16H,3,6,9-10H2,1-2H3. The highest BCUT2D eigenvalue weighted by molar-refractivity contribution is 5.77. The first-order chi connectivity index (χ1) is 9.22. The predicted octanol–water partition coefficient (Wildman–Crippen LogP) is 2.17. The molecule has 102 valence electrons.